The van der Waals surface area contributed by atoms with Gasteiger partial charge in [-0.1, -0.05) is 0 Å². The second kappa shape index (κ2) is 8.22. The molecule has 5 rings (SSSR count). The average Bonchev–Trinajstić information content (AvgIpc) is 2.87. The zero-order valence-corrected chi connectivity index (χ0v) is 20.3. The van der Waals surface area contributed by atoms with Crippen LogP contribution in [0, 0.1) is 0 Å². The number of fused-ring (bicyclic) bond motifs is 4. The largest absolute Gasteiger partial charge is 0.341 e. The molecule has 33 heavy (non-hydrogen) atoms. The van der Waals surface area contributed by atoms with Crippen LogP contribution in [0.15, 0.2) is 73.8 Å². The third-order valence-corrected chi connectivity index (χ3v) is 10.4. The van der Waals surface area contributed by atoms with Crippen molar-refractivity contribution in [3.8, 4) is 0 Å². The van der Waals surface area contributed by atoms with Crippen molar-refractivity contribution in [3.63, 3.8) is 0 Å². The van der Waals surface area contributed by atoms with Crippen LogP contribution in [-0.4, -0.2) is 40.7 Å². The lowest BCUT2D eigenvalue weighted by Gasteiger charge is -2.30. The van der Waals surface area contributed by atoms with Gasteiger partial charge in [-0.05, 0) is 30.9 Å². The Balaban J connectivity index is 1.90. The van der Waals surface area contributed by atoms with Gasteiger partial charge in [-0.3, -0.25) is 19.9 Å². The molecule has 0 unspecified atom stereocenters. The summed E-state index contributed by atoms with van der Waals surface area (Å²) >= 11 is 0. The Bertz CT molecular complexity index is 1340. The summed E-state index contributed by atoms with van der Waals surface area (Å²) in [6.07, 6.45) is 13.3. The molecular formula is C23H22N6O2P2. The average molecular weight is 476 g/mol. The second-order valence-electron chi connectivity index (χ2n) is 7.89. The molecule has 0 radical (unpaired) electrons. The maximum atomic E-state index is 14.5. The minimum absolute atomic E-state index is 0.655. The summed E-state index contributed by atoms with van der Waals surface area (Å²) in [5.74, 6) is 0. The summed E-state index contributed by atoms with van der Waals surface area (Å²) in [7, 11) is -1.85. The number of rotatable bonds is 0. The second-order valence-corrected chi connectivity index (χ2v) is 12.4. The monoisotopic (exact) mass is 476 g/mol. The molecule has 0 aromatic carbocycles. The molecule has 1 aliphatic rings. The molecule has 0 bridgehead atoms. The number of anilines is 4. The van der Waals surface area contributed by atoms with E-state index in [-0.39, 0.29) is 0 Å². The van der Waals surface area contributed by atoms with E-state index in [9.17, 15) is 9.13 Å². The summed E-state index contributed by atoms with van der Waals surface area (Å²) in [5, 5.41) is 2.63. The molecule has 10 heteroatoms. The Labute approximate surface area is 192 Å². The van der Waals surface area contributed by atoms with Crippen LogP contribution in [0.1, 0.15) is 0 Å². The zero-order valence-electron chi connectivity index (χ0n) is 18.4. The molecule has 0 saturated heterocycles. The van der Waals surface area contributed by atoms with Crippen molar-refractivity contribution in [1.82, 2.24) is 19.9 Å². The Kier molecular flexibility index (Phi) is 5.35. The van der Waals surface area contributed by atoms with Gasteiger partial charge in [-0.2, -0.15) is 0 Å². The third-order valence-electron chi connectivity index (χ3n) is 6.01. The summed E-state index contributed by atoms with van der Waals surface area (Å²) in [6, 6.07) is 7.13. The van der Waals surface area contributed by atoms with Crippen molar-refractivity contribution >= 4 is 58.9 Å². The van der Waals surface area contributed by atoms with Gasteiger partial charge in [0, 0.05) is 60.1 Å². The summed E-state index contributed by atoms with van der Waals surface area (Å²) < 4.78 is 28.5. The van der Waals surface area contributed by atoms with E-state index in [1.165, 1.54) is 0 Å². The highest BCUT2D eigenvalue weighted by atomic mass is 31.2. The van der Waals surface area contributed by atoms with E-state index >= 15 is 0 Å². The molecule has 0 aliphatic carbocycles. The van der Waals surface area contributed by atoms with Gasteiger partial charge in [0.1, 0.15) is 14.9 Å². The molecule has 4 aromatic heterocycles. The van der Waals surface area contributed by atoms with Crippen molar-refractivity contribution in [2.75, 3.05) is 30.6 Å². The fourth-order valence-electron chi connectivity index (χ4n) is 4.22. The van der Waals surface area contributed by atoms with Gasteiger partial charge in [0.2, 0.25) is 0 Å². The van der Waals surface area contributed by atoms with Gasteiger partial charge in [-0.15, -0.1) is 0 Å². The maximum absolute atomic E-state index is 14.5. The molecule has 0 spiro atoms. The van der Waals surface area contributed by atoms with E-state index in [0.717, 1.165) is 0 Å². The van der Waals surface area contributed by atoms with E-state index in [0.29, 0.717) is 44.0 Å². The predicted molar refractivity (Wildman–Crippen MR) is 134 cm³/mol. The van der Waals surface area contributed by atoms with E-state index < -0.39 is 14.9 Å². The molecule has 5 heterocycles. The highest BCUT2D eigenvalue weighted by Crippen LogP contribution is 2.46. The van der Waals surface area contributed by atoms with Crippen LogP contribution in [0.4, 0.5) is 22.7 Å². The molecule has 0 saturated carbocycles. The minimum Gasteiger partial charge on any atom is -0.341 e. The van der Waals surface area contributed by atoms with Crippen LogP contribution in [-0.2, 0) is 9.13 Å². The van der Waals surface area contributed by atoms with Crippen molar-refractivity contribution in [2.45, 2.75) is 0 Å². The van der Waals surface area contributed by atoms with E-state index in [1.54, 1.807) is 80.5 Å². The first-order valence-electron chi connectivity index (χ1n) is 10.3. The fraction of sp³-hybridized carbons (Fsp3) is 0.130. The normalized spacial score (nSPS) is 19.9. The van der Waals surface area contributed by atoms with Crippen LogP contribution in [0.2, 0.25) is 0 Å². The van der Waals surface area contributed by atoms with Crippen LogP contribution in [0.25, 0.3) is 0 Å². The van der Waals surface area contributed by atoms with Crippen molar-refractivity contribution in [2.24, 2.45) is 0 Å². The van der Waals surface area contributed by atoms with Crippen molar-refractivity contribution in [1.29, 1.82) is 0 Å². The molecule has 0 fully saturated rings. The molecule has 1 aliphatic heterocycles. The molecule has 8 nitrogen and oxygen atoms in total. The van der Waals surface area contributed by atoms with E-state index in [4.69, 9.17) is 0 Å². The third kappa shape index (κ3) is 3.47. The standard InChI is InChI=1S/C23H22N6O2P2/c1-28-16-12-24-8-4-20(16)32(30)21-5-9-25-13-17(21)29(2)19-15-27-11-7-23(19)33(3,31)22-6-10-26-14-18(22)28/h4-15,32H,1-3H3. The SMILES string of the molecule is CN1c2cnccc2[PH](=O)c2ccncc2N(C)c2cnccc2P(C)(=O)c2ccncc21. The number of hydrogen-bond donors (Lipinski definition) is 0. The van der Waals surface area contributed by atoms with Crippen LogP contribution in [0.5, 0.6) is 0 Å². The van der Waals surface area contributed by atoms with Crippen LogP contribution < -0.4 is 31.0 Å². The van der Waals surface area contributed by atoms with Crippen LogP contribution in [0.3, 0.4) is 0 Å². The lowest BCUT2D eigenvalue weighted by Crippen LogP contribution is -2.31. The molecule has 4 aromatic rings. The first kappa shape index (κ1) is 21.5. The highest BCUT2D eigenvalue weighted by Gasteiger charge is 2.32. The molecule has 0 amide bonds. The maximum Gasteiger partial charge on any atom is 0.144 e. The number of pyridine rings is 4. The first-order valence-corrected chi connectivity index (χ1v) is 13.8. The lowest BCUT2D eigenvalue weighted by molar-refractivity contribution is 0.590. The van der Waals surface area contributed by atoms with Crippen molar-refractivity contribution in [3.05, 3.63) is 73.8 Å². The predicted octanol–water partition coefficient (Wildman–Crippen LogP) is 2.57. The van der Waals surface area contributed by atoms with Crippen LogP contribution >= 0.6 is 14.9 Å². The van der Waals surface area contributed by atoms with Crippen molar-refractivity contribution < 1.29 is 9.13 Å². The number of hydrogen-bond acceptors (Lipinski definition) is 8. The van der Waals surface area contributed by atoms with Gasteiger partial charge in [0.15, 0.2) is 0 Å². The summed E-state index contributed by atoms with van der Waals surface area (Å²) in [5.41, 5.74) is 2.70. The zero-order chi connectivity index (χ0) is 23.2. The quantitative estimate of drug-likeness (QED) is 0.358. The molecular weight excluding hydrogens is 454 g/mol. The Morgan fingerprint density at radius 2 is 1.03 bits per heavy atom. The van der Waals surface area contributed by atoms with Gasteiger partial charge in [0.05, 0.1) is 47.5 Å². The van der Waals surface area contributed by atoms with Gasteiger partial charge in [0.25, 0.3) is 0 Å². The van der Waals surface area contributed by atoms with Gasteiger partial charge < -0.3 is 18.9 Å². The minimum atomic E-state index is -3.11. The summed E-state index contributed by atoms with van der Waals surface area (Å²) in [6.45, 7) is 1.76. The van der Waals surface area contributed by atoms with Gasteiger partial charge in [-0.25, -0.2) is 0 Å². The van der Waals surface area contributed by atoms with E-state index in [2.05, 4.69) is 19.9 Å². The van der Waals surface area contributed by atoms with Gasteiger partial charge >= 0.3 is 0 Å². The Morgan fingerprint density at radius 1 is 0.667 bits per heavy atom. The molecule has 166 valence electrons. The Hall–Kier alpha value is -3.34. The first-order chi connectivity index (χ1) is 15.9. The smallest absolute Gasteiger partial charge is 0.144 e. The summed E-state index contributed by atoms with van der Waals surface area (Å²) in [4.78, 5) is 20.9. The number of nitrogens with zero attached hydrogens (tertiary/aromatic N) is 6. The number of aromatic nitrogens is 4. The van der Waals surface area contributed by atoms with E-state index in [1.807, 2.05) is 23.9 Å². The lowest BCUT2D eigenvalue weighted by atomic mass is 10.3. The Morgan fingerprint density at radius 3 is 1.45 bits per heavy atom. The fourth-order valence-corrected chi connectivity index (χ4v) is 8.14. The molecule has 0 atom stereocenters. The highest BCUT2D eigenvalue weighted by molar-refractivity contribution is 7.78. The topological polar surface area (TPSA) is 92.2 Å². The molecule has 0 N–H and O–H groups in total.